The van der Waals surface area contributed by atoms with Gasteiger partial charge in [-0.1, -0.05) is 0 Å². The van der Waals surface area contributed by atoms with Crippen LogP contribution in [-0.4, -0.2) is 37.5 Å². The molecule has 102 valence electrons. The molecule has 0 radical (unpaired) electrons. The minimum Gasteiger partial charge on any atom is -0.348 e. The molecule has 1 saturated heterocycles. The van der Waals surface area contributed by atoms with E-state index >= 15 is 0 Å². The number of nitrogens with zero attached hydrogens (tertiary/aromatic N) is 4. The molecule has 3 heterocycles. The Morgan fingerprint density at radius 2 is 2.21 bits per heavy atom. The summed E-state index contributed by atoms with van der Waals surface area (Å²) in [6, 6.07) is 0. The highest BCUT2D eigenvalue weighted by Gasteiger charge is 2.20. The highest BCUT2D eigenvalue weighted by Crippen LogP contribution is 2.21. The van der Waals surface area contributed by atoms with Crippen molar-refractivity contribution in [3.63, 3.8) is 0 Å². The molecule has 2 aromatic rings. The van der Waals surface area contributed by atoms with Crippen LogP contribution in [0.5, 0.6) is 0 Å². The molecule has 1 aliphatic heterocycles. The number of hydrogen-bond donors (Lipinski definition) is 1. The number of aromatic nitrogens is 4. The van der Waals surface area contributed by atoms with Crippen molar-refractivity contribution in [3.8, 4) is 0 Å². The predicted molar refractivity (Wildman–Crippen MR) is 73.5 cm³/mol. The van der Waals surface area contributed by atoms with Crippen molar-refractivity contribution in [2.75, 3.05) is 13.1 Å². The quantitative estimate of drug-likeness (QED) is 0.907. The minimum atomic E-state index is 0.790. The summed E-state index contributed by atoms with van der Waals surface area (Å²) >= 11 is 0. The van der Waals surface area contributed by atoms with Gasteiger partial charge in [0.15, 0.2) is 0 Å². The van der Waals surface area contributed by atoms with E-state index in [1.165, 1.54) is 31.6 Å². The second-order valence-corrected chi connectivity index (χ2v) is 5.45. The van der Waals surface area contributed by atoms with Crippen LogP contribution in [0.15, 0.2) is 24.9 Å². The van der Waals surface area contributed by atoms with Crippen LogP contribution in [-0.2, 0) is 20.0 Å². The van der Waals surface area contributed by atoms with Crippen molar-refractivity contribution in [1.82, 2.24) is 24.4 Å². The van der Waals surface area contributed by atoms with Crippen LogP contribution in [0.25, 0.3) is 0 Å². The van der Waals surface area contributed by atoms with Gasteiger partial charge in [0.05, 0.1) is 12.9 Å². The third-order valence-corrected chi connectivity index (χ3v) is 4.06. The van der Waals surface area contributed by atoms with Gasteiger partial charge in [-0.05, 0) is 38.3 Å². The summed E-state index contributed by atoms with van der Waals surface area (Å²) in [5.74, 6) is 1.95. The fraction of sp³-hybridized carbons (Fsp3) is 0.571. The fourth-order valence-electron chi connectivity index (χ4n) is 2.80. The molecule has 0 atom stereocenters. The molecule has 19 heavy (non-hydrogen) atoms. The Labute approximate surface area is 113 Å². The van der Waals surface area contributed by atoms with Crippen LogP contribution >= 0.6 is 0 Å². The smallest absolute Gasteiger partial charge is 0.122 e. The first kappa shape index (κ1) is 12.4. The molecule has 5 heteroatoms. The second-order valence-electron chi connectivity index (χ2n) is 5.45. The second kappa shape index (κ2) is 5.57. The molecule has 0 bridgehead atoms. The van der Waals surface area contributed by atoms with Gasteiger partial charge < -0.3 is 9.55 Å². The summed E-state index contributed by atoms with van der Waals surface area (Å²) < 4.78 is 2.11. The summed E-state index contributed by atoms with van der Waals surface area (Å²) in [5, 5.41) is 0. The molecule has 0 unspecified atom stereocenters. The van der Waals surface area contributed by atoms with Gasteiger partial charge in [-0.2, -0.15) is 0 Å². The van der Waals surface area contributed by atoms with E-state index in [-0.39, 0.29) is 0 Å². The van der Waals surface area contributed by atoms with E-state index in [9.17, 15) is 0 Å². The van der Waals surface area contributed by atoms with Gasteiger partial charge in [0.25, 0.3) is 0 Å². The number of hydrogen-bond acceptors (Lipinski definition) is 3. The van der Waals surface area contributed by atoms with Crippen molar-refractivity contribution in [2.24, 2.45) is 13.0 Å². The first-order valence-electron chi connectivity index (χ1n) is 6.97. The standard InChI is InChI=1S/C14H21N5/c1-18-7-4-16-14(18)10-19-5-2-12(3-6-19)8-13-9-15-11-17-13/h4,7,9,11-12H,2-3,5-6,8,10H2,1H3,(H,15,17). The van der Waals surface area contributed by atoms with Gasteiger partial charge in [0.1, 0.15) is 5.82 Å². The molecule has 0 aliphatic carbocycles. The molecule has 2 aromatic heterocycles. The van der Waals surface area contributed by atoms with Crippen LogP contribution in [0.3, 0.4) is 0 Å². The summed E-state index contributed by atoms with van der Waals surface area (Å²) in [5.41, 5.74) is 1.27. The molecule has 3 rings (SSSR count). The molecular formula is C14H21N5. The first-order valence-corrected chi connectivity index (χ1v) is 6.97. The Bertz CT molecular complexity index is 494. The number of likely N-dealkylation sites (tertiary alicyclic amines) is 1. The normalized spacial score (nSPS) is 17.9. The third kappa shape index (κ3) is 3.04. The minimum absolute atomic E-state index is 0.790. The van der Waals surface area contributed by atoms with Crippen molar-refractivity contribution < 1.29 is 0 Å². The van der Waals surface area contributed by atoms with E-state index in [0.29, 0.717) is 0 Å². The average Bonchev–Trinajstić information content (AvgIpc) is 3.05. The Hall–Kier alpha value is -1.62. The number of nitrogens with one attached hydrogen (secondary N) is 1. The molecular weight excluding hydrogens is 238 g/mol. The maximum Gasteiger partial charge on any atom is 0.122 e. The Kier molecular flexibility index (Phi) is 3.64. The van der Waals surface area contributed by atoms with Crippen molar-refractivity contribution in [1.29, 1.82) is 0 Å². The number of piperidine rings is 1. The molecule has 5 nitrogen and oxygen atoms in total. The van der Waals surface area contributed by atoms with E-state index in [2.05, 4.69) is 31.5 Å². The monoisotopic (exact) mass is 259 g/mol. The molecule has 1 fully saturated rings. The maximum atomic E-state index is 4.40. The van der Waals surface area contributed by atoms with Gasteiger partial charge in [0.2, 0.25) is 0 Å². The number of imidazole rings is 2. The van der Waals surface area contributed by atoms with Gasteiger partial charge in [0, 0.05) is 31.3 Å². The van der Waals surface area contributed by atoms with Crippen molar-refractivity contribution >= 4 is 0 Å². The molecule has 1 N–H and O–H groups in total. The van der Waals surface area contributed by atoms with E-state index in [4.69, 9.17) is 0 Å². The van der Waals surface area contributed by atoms with E-state index in [1.54, 1.807) is 6.33 Å². The zero-order valence-electron chi connectivity index (χ0n) is 11.4. The lowest BCUT2D eigenvalue weighted by Crippen LogP contribution is -2.34. The summed E-state index contributed by atoms with van der Waals surface area (Å²) in [6.45, 7) is 3.32. The predicted octanol–water partition coefficient (Wildman–Crippen LogP) is 1.60. The SMILES string of the molecule is Cn1ccnc1CN1CCC(Cc2cnc[nH]2)CC1. The lowest BCUT2D eigenvalue weighted by atomic mass is 9.92. The molecule has 1 aliphatic rings. The molecule has 0 spiro atoms. The summed E-state index contributed by atoms with van der Waals surface area (Å²) in [4.78, 5) is 14.2. The Balaban J connectivity index is 1.48. The fourth-order valence-corrected chi connectivity index (χ4v) is 2.80. The topological polar surface area (TPSA) is 49.7 Å². The van der Waals surface area contributed by atoms with Gasteiger partial charge >= 0.3 is 0 Å². The zero-order chi connectivity index (χ0) is 13.1. The van der Waals surface area contributed by atoms with Crippen LogP contribution in [0.1, 0.15) is 24.4 Å². The largest absolute Gasteiger partial charge is 0.348 e. The number of aromatic amines is 1. The van der Waals surface area contributed by atoms with Crippen LogP contribution in [0, 0.1) is 5.92 Å². The number of H-pyrrole nitrogens is 1. The molecule has 0 saturated carbocycles. The first-order chi connectivity index (χ1) is 9.31. The zero-order valence-corrected chi connectivity index (χ0v) is 11.4. The van der Waals surface area contributed by atoms with Crippen molar-refractivity contribution in [3.05, 3.63) is 36.4 Å². The van der Waals surface area contributed by atoms with E-state index in [0.717, 1.165) is 24.7 Å². The lowest BCUT2D eigenvalue weighted by molar-refractivity contribution is 0.172. The lowest BCUT2D eigenvalue weighted by Gasteiger charge is -2.31. The number of rotatable bonds is 4. The van der Waals surface area contributed by atoms with Crippen LogP contribution in [0.2, 0.25) is 0 Å². The highest BCUT2D eigenvalue weighted by molar-refractivity contribution is 4.97. The van der Waals surface area contributed by atoms with Crippen LogP contribution < -0.4 is 0 Å². The highest BCUT2D eigenvalue weighted by atomic mass is 15.2. The summed E-state index contributed by atoms with van der Waals surface area (Å²) in [7, 11) is 2.06. The van der Waals surface area contributed by atoms with E-state index in [1.807, 2.05) is 18.6 Å². The Morgan fingerprint density at radius 3 is 2.84 bits per heavy atom. The number of aryl methyl sites for hydroxylation is 1. The molecule has 0 aromatic carbocycles. The van der Waals surface area contributed by atoms with Gasteiger partial charge in [-0.15, -0.1) is 0 Å². The average molecular weight is 259 g/mol. The van der Waals surface area contributed by atoms with Gasteiger partial charge in [-0.25, -0.2) is 9.97 Å². The van der Waals surface area contributed by atoms with Crippen molar-refractivity contribution in [2.45, 2.75) is 25.8 Å². The molecule has 0 amide bonds. The maximum absolute atomic E-state index is 4.40. The van der Waals surface area contributed by atoms with Gasteiger partial charge in [-0.3, -0.25) is 4.90 Å². The third-order valence-electron chi connectivity index (χ3n) is 4.06. The van der Waals surface area contributed by atoms with E-state index < -0.39 is 0 Å². The van der Waals surface area contributed by atoms with Crippen LogP contribution in [0.4, 0.5) is 0 Å². The Morgan fingerprint density at radius 1 is 1.37 bits per heavy atom. The summed E-state index contributed by atoms with van der Waals surface area (Å²) in [6.07, 6.45) is 11.3.